The largest absolute Gasteiger partial charge is 0.154 e. The molecule has 0 atom stereocenters. The highest BCUT2D eigenvalue weighted by Crippen LogP contribution is 2.34. The summed E-state index contributed by atoms with van der Waals surface area (Å²) in [6.45, 7) is 2.23. The summed E-state index contributed by atoms with van der Waals surface area (Å²) in [7, 11) is 1.14. The lowest BCUT2D eigenvalue weighted by Gasteiger charge is -2.04. The second-order valence-corrected chi connectivity index (χ2v) is 4.13. The molecule has 0 spiro atoms. The fraction of sp³-hybridized carbons (Fsp3) is 0.143. The van der Waals surface area contributed by atoms with Gasteiger partial charge in [0.1, 0.15) is 0 Å². The summed E-state index contributed by atoms with van der Waals surface area (Å²) >= 11 is 0. The lowest BCUT2D eigenvalue weighted by molar-refractivity contribution is 1.28. The van der Waals surface area contributed by atoms with Gasteiger partial charge in [0.15, 0.2) is 7.28 Å². The van der Waals surface area contributed by atoms with Crippen LogP contribution < -0.4 is 5.46 Å². The van der Waals surface area contributed by atoms with E-state index in [0.29, 0.717) is 0 Å². The zero-order valence-electron chi connectivity index (χ0n) is 8.96. The Labute approximate surface area is 91.2 Å². The molecule has 1 heteroatoms. The highest BCUT2D eigenvalue weighted by molar-refractivity contribution is 6.52. The van der Waals surface area contributed by atoms with Gasteiger partial charge in [0.05, 0.1) is 0 Å². The third-order valence-electron chi connectivity index (χ3n) is 3.33. The second-order valence-electron chi connectivity index (χ2n) is 4.13. The lowest BCUT2D eigenvalue weighted by Crippen LogP contribution is -2.15. The number of hydrogen-bond donors (Lipinski definition) is 0. The summed E-state index contributed by atoms with van der Waals surface area (Å²) < 4.78 is 0. The summed E-state index contributed by atoms with van der Waals surface area (Å²) in [6, 6.07) is 15.4. The normalized spacial score (nSPS) is 12.1. The van der Waals surface area contributed by atoms with Gasteiger partial charge < -0.3 is 0 Å². The zero-order chi connectivity index (χ0) is 10.3. The molecule has 0 saturated carbocycles. The van der Waals surface area contributed by atoms with Crippen LogP contribution in [0.2, 0.25) is 6.82 Å². The minimum Gasteiger partial charge on any atom is -0.0849 e. The molecule has 0 amide bonds. The third kappa shape index (κ3) is 1.23. The van der Waals surface area contributed by atoms with Gasteiger partial charge in [-0.3, -0.25) is 0 Å². The van der Waals surface area contributed by atoms with Gasteiger partial charge in [0.2, 0.25) is 0 Å². The molecule has 0 radical (unpaired) electrons. The van der Waals surface area contributed by atoms with E-state index in [1.165, 1.54) is 22.2 Å². The molecule has 0 saturated heterocycles. The molecule has 0 aromatic heterocycles. The van der Waals surface area contributed by atoms with E-state index in [-0.39, 0.29) is 0 Å². The van der Waals surface area contributed by atoms with Crippen LogP contribution in [0.1, 0.15) is 11.1 Å². The molecule has 0 unspecified atom stereocenters. The second kappa shape index (κ2) is 3.27. The molecular formula is C14H13B. The standard InChI is InChI=1S/C14H13B/c1-15-14-8-4-7-12-11-6-3-2-5-10(11)9-13(12)14/h2-8,15H,9H2,1H3. The van der Waals surface area contributed by atoms with Crippen LogP contribution in [0.15, 0.2) is 42.5 Å². The molecule has 0 fully saturated rings. The quantitative estimate of drug-likeness (QED) is 0.519. The summed E-state index contributed by atoms with van der Waals surface area (Å²) in [5.41, 5.74) is 7.41. The van der Waals surface area contributed by atoms with Gasteiger partial charge in [0.25, 0.3) is 0 Å². The predicted molar refractivity (Wildman–Crippen MR) is 67.3 cm³/mol. The van der Waals surface area contributed by atoms with Crippen LogP contribution in [0.4, 0.5) is 0 Å². The Morgan fingerprint density at radius 1 is 0.933 bits per heavy atom. The van der Waals surface area contributed by atoms with Crippen LogP contribution in [0.3, 0.4) is 0 Å². The first-order valence-electron chi connectivity index (χ1n) is 5.59. The smallest absolute Gasteiger partial charge is 0.0849 e. The Balaban J connectivity index is 2.26. The highest BCUT2D eigenvalue weighted by atomic mass is 14.2. The molecule has 72 valence electrons. The van der Waals surface area contributed by atoms with Gasteiger partial charge >= 0.3 is 0 Å². The maximum Gasteiger partial charge on any atom is 0.154 e. The van der Waals surface area contributed by atoms with Gasteiger partial charge in [-0.15, -0.1) is 0 Å². The van der Waals surface area contributed by atoms with E-state index in [2.05, 4.69) is 49.3 Å². The van der Waals surface area contributed by atoms with E-state index < -0.39 is 0 Å². The first-order valence-corrected chi connectivity index (χ1v) is 5.59. The number of hydrogen-bond acceptors (Lipinski definition) is 0. The summed E-state index contributed by atoms with van der Waals surface area (Å²) in [5.74, 6) is 0. The van der Waals surface area contributed by atoms with Crippen molar-refractivity contribution in [3.63, 3.8) is 0 Å². The van der Waals surface area contributed by atoms with Crippen molar-refractivity contribution < 1.29 is 0 Å². The number of benzene rings is 2. The van der Waals surface area contributed by atoms with E-state index >= 15 is 0 Å². The van der Waals surface area contributed by atoms with Crippen molar-refractivity contribution in [2.75, 3.05) is 0 Å². The van der Waals surface area contributed by atoms with E-state index in [0.717, 1.165) is 13.7 Å². The third-order valence-corrected chi connectivity index (χ3v) is 3.33. The molecule has 3 rings (SSSR count). The van der Waals surface area contributed by atoms with Gasteiger partial charge in [-0.1, -0.05) is 54.8 Å². The van der Waals surface area contributed by atoms with Crippen LogP contribution >= 0.6 is 0 Å². The average Bonchev–Trinajstić information content (AvgIpc) is 2.67. The number of fused-ring (bicyclic) bond motifs is 3. The first kappa shape index (κ1) is 8.78. The van der Waals surface area contributed by atoms with Gasteiger partial charge in [-0.05, 0) is 28.7 Å². The Hall–Kier alpha value is -1.50. The Kier molecular flexibility index (Phi) is 1.91. The van der Waals surface area contributed by atoms with Crippen molar-refractivity contribution in [3.8, 4) is 11.1 Å². The van der Waals surface area contributed by atoms with Gasteiger partial charge in [-0.2, -0.15) is 0 Å². The summed E-state index contributed by atoms with van der Waals surface area (Å²) in [5, 5.41) is 0. The molecule has 1 aliphatic carbocycles. The van der Waals surface area contributed by atoms with Crippen LogP contribution in [-0.4, -0.2) is 7.28 Å². The van der Waals surface area contributed by atoms with Crippen LogP contribution in [0.25, 0.3) is 11.1 Å². The Morgan fingerprint density at radius 3 is 2.60 bits per heavy atom. The summed E-state index contributed by atoms with van der Waals surface area (Å²) in [6.07, 6.45) is 1.12. The van der Waals surface area contributed by atoms with Crippen LogP contribution in [-0.2, 0) is 6.42 Å². The molecule has 0 bridgehead atoms. The maximum absolute atomic E-state index is 2.25. The first-order chi connectivity index (χ1) is 7.40. The van der Waals surface area contributed by atoms with Crippen molar-refractivity contribution in [3.05, 3.63) is 53.6 Å². The molecule has 0 N–H and O–H groups in total. The molecule has 2 aromatic rings. The molecule has 2 aromatic carbocycles. The van der Waals surface area contributed by atoms with Gasteiger partial charge in [0, 0.05) is 0 Å². The van der Waals surface area contributed by atoms with Crippen LogP contribution in [0.5, 0.6) is 0 Å². The van der Waals surface area contributed by atoms with E-state index in [1.807, 2.05) is 0 Å². The molecule has 1 aliphatic rings. The highest BCUT2D eigenvalue weighted by Gasteiger charge is 2.19. The summed E-state index contributed by atoms with van der Waals surface area (Å²) in [4.78, 5) is 0. The molecule has 0 nitrogen and oxygen atoms in total. The SMILES string of the molecule is CBc1cccc2c1Cc1ccccc1-2. The van der Waals surface area contributed by atoms with Crippen molar-refractivity contribution in [2.24, 2.45) is 0 Å². The van der Waals surface area contributed by atoms with Crippen molar-refractivity contribution >= 4 is 12.7 Å². The number of rotatable bonds is 1. The fourth-order valence-corrected chi connectivity index (χ4v) is 2.55. The Morgan fingerprint density at radius 2 is 1.73 bits per heavy atom. The van der Waals surface area contributed by atoms with E-state index in [1.54, 1.807) is 5.56 Å². The molecule has 15 heavy (non-hydrogen) atoms. The monoisotopic (exact) mass is 192 g/mol. The molecule has 0 heterocycles. The van der Waals surface area contributed by atoms with Crippen molar-refractivity contribution in [2.45, 2.75) is 13.2 Å². The van der Waals surface area contributed by atoms with E-state index in [9.17, 15) is 0 Å². The van der Waals surface area contributed by atoms with Crippen molar-refractivity contribution in [1.29, 1.82) is 0 Å². The minimum absolute atomic E-state index is 1.12. The van der Waals surface area contributed by atoms with E-state index in [4.69, 9.17) is 0 Å². The molecule has 0 aliphatic heterocycles. The van der Waals surface area contributed by atoms with Gasteiger partial charge in [-0.25, -0.2) is 0 Å². The fourth-order valence-electron chi connectivity index (χ4n) is 2.55. The topological polar surface area (TPSA) is 0 Å². The maximum atomic E-state index is 2.25. The minimum atomic E-state index is 1.12. The predicted octanol–water partition coefficient (Wildman–Crippen LogP) is 2.37. The zero-order valence-corrected chi connectivity index (χ0v) is 8.96. The lowest BCUT2D eigenvalue weighted by atomic mass is 9.70. The molecular weight excluding hydrogens is 179 g/mol. The van der Waals surface area contributed by atoms with Crippen LogP contribution in [0, 0.1) is 0 Å². The Bertz CT molecular complexity index is 514. The average molecular weight is 192 g/mol. The van der Waals surface area contributed by atoms with Crippen molar-refractivity contribution in [1.82, 2.24) is 0 Å².